The number of carbonyl (C=O) groups excluding carboxylic acids is 1. The Morgan fingerprint density at radius 3 is 2.91 bits per heavy atom. The van der Waals surface area contributed by atoms with Gasteiger partial charge in [0.05, 0.1) is 18.8 Å². The lowest BCUT2D eigenvalue weighted by atomic mass is 10.1. The SMILES string of the molecule is CC(OCCCNC(=O)CN1CC[C@H](O)C1)c1ccccc1. The second-order valence-electron chi connectivity index (χ2n) is 5.80. The maximum Gasteiger partial charge on any atom is 0.234 e. The Balaban J connectivity index is 1.53. The molecule has 0 aliphatic carbocycles. The molecule has 0 bridgehead atoms. The van der Waals surface area contributed by atoms with Crippen LogP contribution in [0.25, 0.3) is 0 Å². The van der Waals surface area contributed by atoms with Crippen LogP contribution in [0.4, 0.5) is 0 Å². The second kappa shape index (κ2) is 8.88. The third kappa shape index (κ3) is 5.75. The molecule has 1 aromatic rings. The highest BCUT2D eigenvalue weighted by molar-refractivity contribution is 5.78. The molecule has 5 nitrogen and oxygen atoms in total. The Kier molecular flexibility index (Phi) is 6.83. The fraction of sp³-hybridized carbons (Fsp3) is 0.588. The van der Waals surface area contributed by atoms with Crippen molar-refractivity contribution >= 4 is 5.91 Å². The van der Waals surface area contributed by atoms with E-state index < -0.39 is 0 Å². The smallest absolute Gasteiger partial charge is 0.234 e. The van der Waals surface area contributed by atoms with E-state index in [-0.39, 0.29) is 18.1 Å². The molecule has 2 N–H and O–H groups in total. The van der Waals surface area contributed by atoms with Gasteiger partial charge in [-0.05, 0) is 25.3 Å². The van der Waals surface area contributed by atoms with Crippen LogP contribution in [-0.4, -0.2) is 54.8 Å². The summed E-state index contributed by atoms with van der Waals surface area (Å²) in [4.78, 5) is 13.7. The average Bonchev–Trinajstić information content (AvgIpc) is 2.92. The Morgan fingerprint density at radius 2 is 2.23 bits per heavy atom. The number of β-amino-alcohol motifs (C(OH)–C–C–N with tert-alkyl or cyclic N) is 1. The summed E-state index contributed by atoms with van der Waals surface area (Å²) in [5, 5.41) is 12.3. The number of nitrogens with one attached hydrogen (secondary N) is 1. The Labute approximate surface area is 132 Å². The molecule has 1 aliphatic rings. The van der Waals surface area contributed by atoms with Crippen molar-refractivity contribution in [3.05, 3.63) is 35.9 Å². The molecule has 1 aliphatic heterocycles. The van der Waals surface area contributed by atoms with Crippen molar-refractivity contribution in [2.24, 2.45) is 0 Å². The number of aliphatic hydroxyl groups is 1. The van der Waals surface area contributed by atoms with Crippen LogP contribution >= 0.6 is 0 Å². The standard InChI is InChI=1S/C17H26N2O3/c1-14(15-6-3-2-4-7-15)22-11-5-9-18-17(21)13-19-10-8-16(20)12-19/h2-4,6-7,14,16,20H,5,8-13H2,1H3,(H,18,21)/t14?,16-/m0/s1. The number of benzene rings is 1. The normalized spacial score (nSPS) is 20.0. The highest BCUT2D eigenvalue weighted by Gasteiger charge is 2.21. The number of aliphatic hydroxyl groups excluding tert-OH is 1. The van der Waals surface area contributed by atoms with Crippen LogP contribution in [0.5, 0.6) is 0 Å². The zero-order valence-electron chi connectivity index (χ0n) is 13.2. The number of hydrogen-bond acceptors (Lipinski definition) is 4. The molecule has 1 unspecified atom stereocenters. The largest absolute Gasteiger partial charge is 0.392 e. The molecule has 1 fully saturated rings. The summed E-state index contributed by atoms with van der Waals surface area (Å²) in [6.07, 6.45) is 1.35. The lowest BCUT2D eigenvalue weighted by Crippen LogP contribution is -2.37. The molecule has 1 amide bonds. The second-order valence-corrected chi connectivity index (χ2v) is 5.80. The van der Waals surface area contributed by atoms with E-state index >= 15 is 0 Å². The third-order valence-corrected chi connectivity index (χ3v) is 3.89. The van der Waals surface area contributed by atoms with Gasteiger partial charge < -0.3 is 15.2 Å². The molecule has 0 spiro atoms. The van der Waals surface area contributed by atoms with E-state index in [9.17, 15) is 9.90 Å². The topological polar surface area (TPSA) is 61.8 Å². The van der Waals surface area contributed by atoms with E-state index in [2.05, 4.69) is 17.4 Å². The third-order valence-electron chi connectivity index (χ3n) is 3.89. The molecular weight excluding hydrogens is 280 g/mol. The summed E-state index contributed by atoms with van der Waals surface area (Å²) in [5.41, 5.74) is 1.17. The Morgan fingerprint density at radius 1 is 1.45 bits per heavy atom. The molecular formula is C17H26N2O3. The lowest BCUT2D eigenvalue weighted by Gasteiger charge is -2.15. The first-order chi connectivity index (χ1) is 10.6. The van der Waals surface area contributed by atoms with E-state index in [1.807, 2.05) is 30.0 Å². The number of nitrogens with zero attached hydrogens (tertiary/aromatic N) is 1. The molecule has 122 valence electrons. The van der Waals surface area contributed by atoms with Gasteiger partial charge in [-0.2, -0.15) is 0 Å². The molecule has 1 heterocycles. The fourth-order valence-electron chi connectivity index (χ4n) is 2.60. The number of rotatable bonds is 8. The summed E-state index contributed by atoms with van der Waals surface area (Å²) in [7, 11) is 0. The maximum atomic E-state index is 11.7. The molecule has 5 heteroatoms. The average molecular weight is 306 g/mol. The van der Waals surface area contributed by atoms with Crippen LogP contribution < -0.4 is 5.32 Å². The zero-order valence-corrected chi connectivity index (χ0v) is 13.2. The van der Waals surface area contributed by atoms with E-state index in [1.165, 1.54) is 5.56 Å². The molecule has 2 rings (SSSR count). The summed E-state index contributed by atoms with van der Waals surface area (Å²) in [6, 6.07) is 10.1. The van der Waals surface area contributed by atoms with Gasteiger partial charge in [-0.3, -0.25) is 9.69 Å². The van der Waals surface area contributed by atoms with Gasteiger partial charge >= 0.3 is 0 Å². The van der Waals surface area contributed by atoms with E-state index in [4.69, 9.17) is 4.74 Å². The molecule has 2 atom stereocenters. The minimum atomic E-state index is -0.277. The minimum Gasteiger partial charge on any atom is -0.392 e. The van der Waals surface area contributed by atoms with Gasteiger partial charge in [-0.1, -0.05) is 30.3 Å². The lowest BCUT2D eigenvalue weighted by molar-refractivity contribution is -0.122. The Hall–Kier alpha value is -1.43. The van der Waals surface area contributed by atoms with Crippen molar-refractivity contribution in [1.82, 2.24) is 10.2 Å². The quantitative estimate of drug-likeness (QED) is 0.712. The van der Waals surface area contributed by atoms with E-state index in [0.717, 1.165) is 19.4 Å². The highest BCUT2D eigenvalue weighted by atomic mass is 16.5. The van der Waals surface area contributed by atoms with Crippen molar-refractivity contribution in [3.63, 3.8) is 0 Å². The molecule has 0 aromatic heterocycles. The van der Waals surface area contributed by atoms with Crippen molar-refractivity contribution in [2.45, 2.75) is 32.0 Å². The van der Waals surface area contributed by atoms with Gasteiger partial charge in [0.1, 0.15) is 0 Å². The summed E-state index contributed by atoms with van der Waals surface area (Å²) in [5.74, 6) is 0.0187. The van der Waals surface area contributed by atoms with Crippen LogP contribution in [0.2, 0.25) is 0 Å². The molecule has 1 aromatic carbocycles. The zero-order chi connectivity index (χ0) is 15.8. The van der Waals surface area contributed by atoms with Crippen molar-refractivity contribution in [3.8, 4) is 0 Å². The predicted molar refractivity (Wildman–Crippen MR) is 85.5 cm³/mol. The number of carbonyl (C=O) groups is 1. The van der Waals surface area contributed by atoms with Gasteiger partial charge in [0.2, 0.25) is 5.91 Å². The first kappa shape index (κ1) is 16.9. The molecule has 0 saturated carbocycles. The monoisotopic (exact) mass is 306 g/mol. The van der Waals surface area contributed by atoms with E-state index in [0.29, 0.717) is 26.2 Å². The molecule has 1 saturated heterocycles. The predicted octanol–water partition coefficient (Wildman–Crippen LogP) is 1.34. The number of ether oxygens (including phenoxy) is 1. The fourth-order valence-corrected chi connectivity index (χ4v) is 2.60. The van der Waals surface area contributed by atoms with Crippen LogP contribution in [0.1, 0.15) is 31.4 Å². The molecule has 22 heavy (non-hydrogen) atoms. The summed E-state index contributed by atoms with van der Waals surface area (Å²) in [6.45, 7) is 5.05. The van der Waals surface area contributed by atoms with Crippen molar-refractivity contribution < 1.29 is 14.6 Å². The number of amides is 1. The maximum absolute atomic E-state index is 11.7. The Bertz CT molecular complexity index is 452. The van der Waals surface area contributed by atoms with E-state index in [1.54, 1.807) is 0 Å². The first-order valence-electron chi connectivity index (χ1n) is 7.99. The minimum absolute atomic E-state index is 0.0187. The summed E-state index contributed by atoms with van der Waals surface area (Å²) < 4.78 is 5.76. The van der Waals surface area contributed by atoms with Gasteiger partial charge in [-0.15, -0.1) is 0 Å². The molecule has 0 radical (unpaired) electrons. The van der Waals surface area contributed by atoms with Gasteiger partial charge in [0.15, 0.2) is 0 Å². The number of likely N-dealkylation sites (tertiary alicyclic amines) is 1. The van der Waals surface area contributed by atoms with Crippen LogP contribution in [0, 0.1) is 0 Å². The van der Waals surface area contributed by atoms with Crippen molar-refractivity contribution in [2.75, 3.05) is 32.8 Å². The van der Waals surface area contributed by atoms with Crippen LogP contribution in [0.15, 0.2) is 30.3 Å². The van der Waals surface area contributed by atoms with Crippen molar-refractivity contribution in [1.29, 1.82) is 0 Å². The first-order valence-corrected chi connectivity index (χ1v) is 7.99. The van der Waals surface area contributed by atoms with Crippen LogP contribution in [0.3, 0.4) is 0 Å². The van der Waals surface area contributed by atoms with Gasteiger partial charge in [0.25, 0.3) is 0 Å². The van der Waals surface area contributed by atoms with Gasteiger partial charge in [-0.25, -0.2) is 0 Å². The number of hydrogen-bond donors (Lipinski definition) is 2. The van der Waals surface area contributed by atoms with Crippen LogP contribution in [-0.2, 0) is 9.53 Å². The highest BCUT2D eigenvalue weighted by Crippen LogP contribution is 2.15. The summed E-state index contributed by atoms with van der Waals surface area (Å²) >= 11 is 0. The van der Waals surface area contributed by atoms with Gasteiger partial charge in [0, 0.05) is 26.2 Å².